The van der Waals surface area contributed by atoms with Crippen LogP contribution >= 0.6 is 11.3 Å². The van der Waals surface area contributed by atoms with E-state index in [4.69, 9.17) is 5.26 Å². The second kappa shape index (κ2) is 5.99. The molecule has 0 fully saturated rings. The number of amides is 1. The largest absolute Gasteiger partial charge is 0.465 e. The van der Waals surface area contributed by atoms with E-state index in [1.54, 1.807) is 30.3 Å². The number of hydrogen-bond donors (Lipinski definition) is 1. The lowest BCUT2D eigenvalue weighted by Crippen LogP contribution is -2.10. The molecule has 0 radical (unpaired) electrons. The van der Waals surface area contributed by atoms with Crippen LogP contribution in [0.1, 0.15) is 25.6 Å². The number of esters is 1. The van der Waals surface area contributed by atoms with Gasteiger partial charge in [-0.15, -0.1) is 11.3 Å². The molecule has 1 aromatic carbocycles. The van der Waals surface area contributed by atoms with Gasteiger partial charge in [-0.1, -0.05) is 6.07 Å². The van der Waals surface area contributed by atoms with Gasteiger partial charge in [0.15, 0.2) is 0 Å². The summed E-state index contributed by atoms with van der Waals surface area (Å²) in [6.07, 6.45) is 0. The van der Waals surface area contributed by atoms with Crippen LogP contribution < -0.4 is 5.32 Å². The zero-order chi connectivity index (χ0) is 14.5. The molecule has 2 aromatic rings. The average molecular weight is 286 g/mol. The van der Waals surface area contributed by atoms with Crippen LogP contribution in [0.4, 0.5) is 5.00 Å². The molecule has 1 amide bonds. The highest BCUT2D eigenvalue weighted by Gasteiger charge is 2.12. The number of anilines is 1. The molecule has 1 aromatic heterocycles. The summed E-state index contributed by atoms with van der Waals surface area (Å²) < 4.78 is 4.59. The van der Waals surface area contributed by atoms with Crippen molar-refractivity contribution < 1.29 is 14.3 Å². The number of rotatable bonds is 3. The van der Waals surface area contributed by atoms with E-state index in [9.17, 15) is 9.59 Å². The van der Waals surface area contributed by atoms with Gasteiger partial charge >= 0.3 is 5.97 Å². The number of thiophene rings is 1. The normalized spacial score (nSPS) is 9.60. The summed E-state index contributed by atoms with van der Waals surface area (Å²) in [7, 11) is 1.30. The van der Waals surface area contributed by atoms with Gasteiger partial charge in [-0.2, -0.15) is 5.26 Å². The maximum Gasteiger partial charge on any atom is 0.348 e. The predicted octanol–water partition coefficient (Wildman–Crippen LogP) is 2.66. The van der Waals surface area contributed by atoms with Gasteiger partial charge in [0.2, 0.25) is 0 Å². The number of carbonyl (C=O) groups excluding carboxylic acids is 2. The molecule has 0 bridgehead atoms. The molecule has 0 aliphatic carbocycles. The third kappa shape index (κ3) is 3.02. The van der Waals surface area contributed by atoms with Gasteiger partial charge in [0, 0.05) is 5.56 Å². The number of hydrogen-bond acceptors (Lipinski definition) is 5. The molecule has 100 valence electrons. The van der Waals surface area contributed by atoms with E-state index >= 15 is 0 Å². The van der Waals surface area contributed by atoms with Gasteiger partial charge in [0.1, 0.15) is 4.88 Å². The molecule has 0 saturated heterocycles. The Hall–Kier alpha value is -2.65. The summed E-state index contributed by atoms with van der Waals surface area (Å²) in [6, 6.07) is 11.6. The van der Waals surface area contributed by atoms with Crippen LogP contribution in [-0.2, 0) is 4.74 Å². The highest BCUT2D eigenvalue weighted by atomic mass is 32.1. The molecule has 0 aliphatic rings. The molecular weight excluding hydrogens is 276 g/mol. The molecule has 1 heterocycles. The third-order valence-corrected chi connectivity index (χ3v) is 3.46. The van der Waals surface area contributed by atoms with Gasteiger partial charge < -0.3 is 10.1 Å². The second-order valence-corrected chi connectivity index (χ2v) is 4.89. The molecule has 0 spiro atoms. The molecule has 6 heteroatoms. The lowest BCUT2D eigenvalue weighted by atomic mass is 10.1. The summed E-state index contributed by atoms with van der Waals surface area (Å²) in [4.78, 5) is 23.7. The average Bonchev–Trinajstić information content (AvgIpc) is 2.95. The number of nitrogens with zero attached hydrogens (tertiary/aromatic N) is 1. The summed E-state index contributed by atoms with van der Waals surface area (Å²) in [6.45, 7) is 0. The first-order chi connectivity index (χ1) is 9.63. The minimum absolute atomic E-state index is 0.333. The van der Waals surface area contributed by atoms with E-state index in [0.29, 0.717) is 21.0 Å². The van der Waals surface area contributed by atoms with E-state index < -0.39 is 5.97 Å². The topological polar surface area (TPSA) is 79.2 Å². The van der Waals surface area contributed by atoms with E-state index in [1.807, 2.05) is 6.07 Å². The summed E-state index contributed by atoms with van der Waals surface area (Å²) in [5.41, 5.74) is 0.802. The Labute approximate surface area is 119 Å². The zero-order valence-corrected chi connectivity index (χ0v) is 11.4. The predicted molar refractivity (Wildman–Crippen MR) is 74.8 cm³/mol. The first-order valence-electron chi connectivity index (χ1n) is 5.63. The van der Waals surface area contributed by atoms with Crippen molar-refractivity contribution in [1.29, 1.82) is 5.26 Å². The number of carbonyl (C=O) groups is 2. The van der Waals surface area contributed by atoms with Crippen LogP contribution in [0.5, 0.6) is 0 Å². The summed E-state index contributed by atoms with van der Waals surface area (Å²) in [5, 5.41) is 12.0. The summed E-state index contributed by atoms with van der Waals surface area (Å²) in [5.74, 6) is -0.776. The number of ether oxygens (including phenoxy) is 1. The maximum atomic E-state index is 12.0. The molecular formula is C14H10N2O3S. The monoisotopic (exact) mass is 286 g/mol. The smallest absolute Gasteiger partial charge is 0.348 e. The van der Waals surface area contributed by atoms with Gasteiger partial charge in [-0.3, -0.25) is 4.79 Å². The van der Waals surface area contributed by atoms with Crippen molar-refractivity contribution in [2.75, 3.05) is 12.4 Å². The van der Waals surface area contributed by atoms with E-state index in [0.717, 1.165) is 11.3 Å². The summed E-state index contributed by atoms with van der Waals surface area (Å²) >= 11 is 1.13. The van der Waals surface area contributed by atoms with Gasteiger partial charge in [-0.25, -0.2) is 4.79 Å². The van der Waals surface area contributed by atoms with Crippen molar-refractivity contribution in [2.24, 2.45) is 0 Å². The van der Waals surface area contributed by atoms with Gasteiger partial charge in [-0.05, 0) is 30.3 Å². The fraction of sp³-hybridized carbons (Fsp3) is 0.0714. The molecule has 5 nitrogen and oxygen atoms in total. The van der Waals surface area contributed by atoms with Crippen LogP contribution in [0, 0.1) is 11.3 Å². The van der Waals surface area contributed by atoms with E-state index in [-0.39, 0.29) is 5.91 Å². The first kappa shape index (κ1) is 13.8. The van der Waals surface area contributed by atoms with Crippen molar-refractivity contribution in [2.45, 2.75) is 0 Å². The van der Waals surface area contributed by atoms with E-state index in [2.05, 4.69) is 10.1 Å². The minimum atomic E-state index is -0.443. The Balaban J connectivity index is 2.13. The number of benzene rings is 1. The number of methoxy groups -OCH3 is 1. The molecule has 0 saturated carbocycles. The SMILES string of the molecule is COC(=O)c1ccc(NC(=O)c2cccc(C#N)c2)s1. The lowest BCUT2D eigenvalue weighted by Gasteiger charge is -2.02. The number of nitrogens with one attached hydrogen (secondary N) is 1. The fourth-order valence-electron chi connectivity index (χ4n) is 1.53. The van der Waals surface area contributed by atoms with Crippen LogP contribution in [0.2, 0.25) is 0 Å². The van der Waals surface area contributed by atoms with Crippen LogP contribution in [0.15, 0.2) is 36.4 Å². The zero-order valence-electron chi connectivity index (χ0n) is 10.5. The molecule has 0 unspecified atom stereocenters. The Morgan fingerprint density at radius 1 is 1.30 bits per heavy atom. The minimum Gasteiger partial charge on any atom is -0.465 e. The fourth-order valence-corrected chi connectivity index (χ4v) is 2.35. The first-order valence-corrected chi connectivity index (χ1v) is 6.45. The molecule has 2 rings (SSSR count). The Morgan fingerprint density at radius 3 is 2.80 bits per heavy atom. The molecule has 0 atom stereocenters. The van der Waals surface area contributed by atoms with Gasteiger partial charge in [0.25, 0.3) is 5.91 Å². The molecule has 1 N–H and O–H groups in total. The van der Waals surface area contributed by atoms with Crippen LogP contribution in [0.3, 0.4) is 0 Å². The van der Waals surface area contributed by atoms with Gasteiger partial charge in [0.05, 0.1) is 23.7 Å². The molecule has 20 heavy (non-hydrogen) atoms. The van der Waals surface area contributed by atoms with Crippen molar-refractivity contribution in [3.63, 3.8) is 0 Å². The Morgan fingerprint density at radius 2 is 2.10 bits per heavy atom. The number of nitriles is 1. The highest BCUT2D eigenvalue weighted by Crippen LogP contribution is 2.23. The van der Waals surface area contributed by atoms with Crippen molar-refractivity contribution >= 4 is 28.2 Å². The van der Waals surface area contributed by atoms with Crippen molar-refractivity contribution in [1.82, 2.24) is 0 Å². The van der Waals surface area contributed by atoms with Crippen molar-refractivity contribution in [3.05, 3.63) is 52.4 Å². The van der Waals surface area contributed by atoms with Crippen LogP contribution in [0.25, 0.3) is 0 Å². The standard InChI is InChI=1S/C14H10N2O3S/c1-19-14(18)11-5-6-12(20-11)16-13(17)10-4-2-3-9(7-10)8-15/h2-7H,1H3,(H,16,17). The quantitative estimate of drug-likeness (QED) is 0.880. The Kier molecular flexibility index (Phi) is 4.13. The third-order valence-electron chi connectivity index (χ3n) is 2.48. The Bertz CT molecular complexity index is 700. The van der Waals surface area contributed by atoms with E-state index in [1.165, 1.54) is 13.2 Å². The molecule has 0 aliphatic heterocycles. The van der Waals surface area contributed by atoms with Crippen LogP contribution in [-0.4, -0.2) is 19.0 Å². The lowest BCUT2D eigenvalue weighted by molar-refractivity contribution is 0.0606. The van der Waals surface area contributed by atoms with Crippen molar-refractivity contribution in [3.8, 4) is 6.07 Å². The highest BCUT2D eigenvalue weighted by molar-refractivity contribution is 7.18. The maximum absolute atomic E-state index is 12.0. The second-order valence-electron chi connectivity index (χ2n) is 3.80.